The summed E-state index contributed by atoms with van der Waals surface area (Å²) in [6.07, 6.45) is 1.43. The Morgan fingerprint density at radius 1 is 1.26 bits per heavy atom. The van der Waals surface area contributed by atoms with Crippen molar-refractivity contribution in [1.29, 1.82) is 0 Å². The second-order valence-electron chi connectivity index (χ2n) is 5.37. The van der Waals surface area contributed by atoms with Crippen LogP contribution in [0.1, 0.15) is 24.7 Å². The van der Waals surface area contributed by atoms with Crippen molar-refractivity contribution in [2.45, 2.75) is 24.0 Å². The maximum atomic E-state index is 11.5. The molecule has 0 amide bonds. The van der Waals surface area contributed by atoms with Crippen molar-refractivity contribution >= 4 is 21.6 Å². The minimum Gasteiger partial charge on any atom is -0.494 e. The Balaban J connectivity index is 1.40. The Morgan fingerprint density at radius 3 is 2.83 bits per heavy atom. The minimum atomic E-state index is -2.94. The van der Waals surface area contributed by atoms with Gasteiger partial charge in [0.15, 0.2) is 9.84 Å². The van der Waals surface area contributed by atoms with E-state index < -0.39 is 9.84 Å². The number of para-hydroxylation sites is 1. The van der Waals surface area contributed by atoms with Gasteiger partial charge in [-0.1, -0.05) is 30.0 Å². The first kappa shape index (κ1) is 16.3. The third-order valence-electron chi connectivity index (χ3n) is 3.53. The average Bonchev–Trinajstić information content (AvgIpc) is 3.14. The first-order valence-electron chi connectivity index (χ1n) is 7.47. The standard InChI is InChI=1S/C15H18N2O4S2/c18-23(19)10-7-12(11-23)14-16-17-15(21-14)22-9-4-8-20-13-5-2-1-3-6-13/h1-3,5-6,12H,4,7-11H2. The zero-order valence-corrected chi connectivity index (χ0v) is 14.2. The Morgan fingerprint density at radius 2 is 2.09 bits per heavy atom. The SMILES string of the molecule is O=S1(=O)CCC(c2nnc(SCCCOc3ccccc3)o2)C1. The Hall–Kier alpha value is -1.54. The van der Waals surface area contributed by atoms with Gasteiger partial charge in [-0.05, 0) is 25.0 Å². The highest BCUT2D eigenvalue weighted by Gasteiger charge is 2.32. The first-order valence-corrected chi connectivity index (χ1v) is 10.3. The van der Waals surface area contributed by atoms with Crippen LogP contribution in [0.25, 0.3) is 0 Å². The van der Waals surface area contributed by atoms with E-state index in [4.69, 9.17) is 9.15 Å². The van der Waals surface area contributed by atoms with E-state index >= 15 is 0 Å². The van der Waals surface area contributed by atoms with Crippen molar-refractivity contribution in [3.8, 4) is 5.75 Å². The summed E-state index contributed by atoms with van der Waals surface area (Å²) >= 11 is 1.47. The second-order valence-corrected chi connectivity index (χ2v) is 8.64. The summed E-state index contributed by atoms with van der Waals surface area (Å²) in [6, 6.07) is 9.67. The van der Waals surface area contributed by atoms with Crippen LogP contribution in [0.3, 0.4) is 0 Å². The summed E-state index contributed by atoms with van der Waals surface area (Å²) in [5.41, 5.74) is 0. The van der Waals surface area contributed by atoms with Gasteiger partial charge in [0.05, 0.1) is 24.0 Å². The van der Waals surface area contributed by atoms with Gasteiger partial charge in [-0.3, -0.25) is 0 Å². The fourth-order valence-corrected chi connectivity index (χ4v) is 4.77. The molecule has 1 aromatic carbocycles. The van der Waals surface area contributed by atoms with E-state index in [0.717, 1.165) is 17.9 Å². The largest absolute Gasteiger partial charge is 0.494 e. The van der Waals surface area contributed by atoms with E-state index in [9.17, 15) is 8.42 Å². The molecule has 0 bridgehead atoms. The van der Waals surface area contributed by atoms with Crippen molar-refractivity contribution < 1.29 is 17.6 Å². The number of sulfone groups is 1. The quantitative estimate of drug-likeness (QED) is 0.558. The van der Waals surface area contributed by atoms with Gasteiger partial charge in [0.1, 0.15) is 5.75 Å². The first-order chi connectivity index (χ1) is 11.1. The molecule has 2 heterocycles. The molecule has 1 fully saturated rings. The summed E-state index contributed by atoms with van der Waals surface area (Å²) in [5, 5.41) is 8.44. The summed E-state index contributed by atoms with van der Waals surface area (Å²) in [5.74, 6) is 2.28. The number of hydrogen-bond donors (Lipinski definition) is 0. The molecule has 0 radical (unpaired) electrons. The molecule has 23 heavy (non-hydrogen) atoms. The number of nitrogens with zero attached hydrogens (tertiary/aromatic N) is 2. The monoisotopic (exact) mass is 354 g/mol. The van der Waals surface area contributed by atoms with Gasteiger partial charge in [0.25, 0.3) is 5.22 Å². The van der Waals surface area contributed by atoms with Crippen molar-refractivity contribution in [2.24, 2.45) is 0 Å². The lowest BCUT2D eigenvalue weighted by molar-refractivity contribution is 0.318. The van der Waals surface area contributed by atoms with Crippen molar-refractivity contribution in [2.75, 3.05) is 23.9 Å². The molecule has 1 aliphatic rings. The predicted molar refractivity (Wildman–Crippen MR) is 87.6 cm³/mol. The molecule has 1 atom stereocenters. The van der Waals surface area contributed by atoms with Crippen LogP contribution in [-0.2, 0) is 9.84 Å². The number of hydrogen-bond acceptors (Lipinski definition) is 7. The van der Waals surface area contributed by atoms with E-state index in [-0.39, 0.29) is 17.4 Å². The highest BCUT2D eigenvalue weighted by atomic mass is 32.2. The fourth-order valence-electron chi connectivity index (χ4n) is 2.36. The molecular weight excluding hydrogens is 336 g/mol. The molecule has 1 saturated heterocycles. The minimum absolute atomic E-state index is 0.115. The van der Waals surface area contributed by atoms with Crippen LogP contribution in [0.5, 0.6) is 5.75 Å². The van der Waals surface area contributed by atoms with E-state index in [2.05, 4.69) is 10.2 Å². The second kappa shape index (κ2) is 7.35. The fraction of sp³-hybridized carbons (Fsp3) is 0.467. The van der Waals surface area contributed by atoms with Crippen LogP contribution in [0.2, 0.25) is 0 Å². The molecule has 2 aromatic rings. The maximum absolute atomic E-state index is 11.5. The lowest BCUT2D eigenvalue weighted by atomic mass is 10.1. The molecule has 1 aliphatic heterocycles. The van der Waals surface area contributed by atoms with Gasteiger partial charge in [-0.2, -0.15) is 0 Å². The molecule has 1 unspecified atom stereocenters. The number of benzene rings is 1. The molecule has 1 aromatic heterocycles. The third kappa shape index (κ3) is 4.71. The summed E-state index contributed by atoms with van der Waals surface area (Å²) in [6.45, 7) is 0.624. The Bertz CT molecular complexity index is 731. The topological polar surface area (TPSA) is 82.3 Å². The molecular formula is C15H18N2O4S2. The van der Waals surface area contributed by atoms with Crippen LogP contribution in [0.4, 0.5) is 0 Å². The highest BCUT2D eigenvalue weighted by Crippen LogP contribution is 2.29. The lowest BCUT2D eigenvalue weighted by Crippen LogP contribution is -2.03. The molecule has 8 heteroatoms. The molecule has 0 saturated carbocycles. The smallest absolute Gasteiger partial charge is 0.276 e. The van der Waals surface area contributed by atoms with Crippen LogP contribution in [0.15, 0.2) is 40.0 Å². The van der Waals surface area contributed by atoms with E-state index in [1.54, 1.807) is 0 Å². The molecule has 0 N–H and O–H groups in total. The zero-order chi connectivity index (χ0) is 16.1. The lowest BCUT2D eigenvalue weighted by Gasteiger charge is -2.04. The van der Waals surface area contributed by atoms with Crippen LogP contribution in [0, 0.1) is 0 Å². The van der Waals surface area contributed by atoms with E-state index in [0.29, 0.717) is 24.1 Å². The number of aromatic nitrogens is 2. The van der Waals surface area contributed by atoms with Gasteiger partial charge in [0.2, 0.25) is 5.89 Å². The number of rotatable bonds is 7. The van der Waals surface area contributed by atoms with E-state index in [1.807, 2.05) is 30.3 Å². The van der Waals surface area contributed by atoms with Gasteiger partial charge >= 0.3 is 0 Å². The Labute approximate surface area is 139 Å². The van der Waals surface area contributed by atoms with Crippen LogP contribution < -0.4 is 4.74 Å². The molecule has 124 valence electrons. The molecule has 0 aliphatic carbocycles. The summed E-state index contributed by atoms with van der Waals surface area (Å²) in [4.78, 5) is 0. The van der Waals surface area contributed by atoms with Gasteiger partial charge < -0.3 is 9.15 Å². The Kier molecular flexibility index (Phi) is 5.22. The van der Waals surface area contributed by atoms with Gasteiger partial charge in [-0.15, -0.1) is 10.2 Å². The highest BCUT2D eigenvalue weighted by molar-refractivity contribution is 7.99. The number of ether oxygens (including phenoxy) is 1. The number of thioether (sulfide) groups is 1. The molecule has 3 rings (SSSR count). The van der Waals surface area contributed by atoms with E-state index in [1.165, 1.54) is 11.8 Å². The zero-order valence-electron chi connectivity index (χ0n) is 12.6. The third-order valence-corrected chi connectivity index (χ3v) is 6.20. The van der Waals surface area contributed by atoms with Gasteiger partial charge in [0, 0.05) is 5.75 Å². The average molecular weight is 354 g/mol. The predicted octanol–water partition coefficient (Wildman–Crippen LogP) is 2.53. The van der Waals surface area contributed by atoms with Crippen LogP contribution >= 0.6 is 11.8 Å². The van der Waals surface area contributed by atoms with Crippen molar-refractivity contribution in [3.05, 3.63) is 36.2 Å². The van der Waals surface area contributed by atoms with Crippen molar-refractivity contribution in [3.63, 3.8) is 0 Å². The summed E-state index contributed by atoms with van der Waals surface area (Å²) in [7, 11) is -2.94. The van der Waals surface area contributed by atoms with Gasteiger partial charge in [-0.25, -0.2) is 8.42 Å². The molecule has 6 nitrogen and oxygen atoms in total. The molecule has 0 spiro atoms. The van der Waals surface area contributed by atoms with Crippen molar-refractivity contribution in [1.82, 2.24) is 10.2 Å². The summed E-state index contributed by atoms with van der Waals surface area (Å²) < 4.78 is 34.1. The normalized spacial score (nSPS) is 19.7. The maximum Gasteiger partial charge on any atom is 0.276 e. The van der Waals surface area contributed by atoms with Crippen LogP contribution in [-0.4, -0.2) is 42.5 Å².